The zero-order valence-corrected chi connectivity index (χ0v) is 11.2. The molecule has 2 aliphatic heterocycles. The van der Waals surface area contributed by atoms with Crippen LogP contribution in [0.3, 0.4) is 0 Å². The van der Waals surface area contributed by atoms with Gasteiger partial charge >= 0.3 is 0 Å². The van der Waals surface area contributed by atoms with Gasteiger partial charge in [0, 0.05) is 13.1 Å². The van der Waals surface area contributed by atoms with Crippen LogP contribution < -0.4 is 5.32 Å². The number of fused-ring (bicyclic) bond motifs is 1. The summed E-state index contributed by atoms with van der Waals surface area (Å²) in [4.78, 5) is 2.78. The first-order valence-corrected chi connectivity index (χ1v) is 7.85. The lowest BCUT2D eigenvalue weighted by Gasteiger charge is -2.36. The van der Waals surface area contributed by atoms with Crippen LogP contribution in [0.25, 0.3) is 0 Å². The normalized spacial score (nSPS) is 36.7. The van der Waals surface area contributed by atoms with Gasteiger partial charge in [-0.15, -0.1) is 0 Å². The molecule has 2 atom stereocenters. The average Bonchev–Trinajstić information content (AvgIpc) is 2.65. The molecule has 2 unspecified atom stereocenters. The molecule has 3 aliphatic rings. The van der Waals surface area contributed by atoms with Crippen LogP contribution in [0, 0.1) is 17.8 Å². The second-order valence-electron chi connectivity index (χ2n) is 6.58. The summed E-state index contributed by atoms with van der Waals surface area (Å²) >= 11 is 0. The summed E-state index contributed by atoms with van der Waals surface area (Å²) in [5, 5.41) is 3.57. The molecule has 2 nitrogen and oxygen atoms in total. The maximum atomic E-state index is 3.57. The summed E-state index contributed by atoms with van der Waals surface area (Å²) in [6.45, 7) is 6.74. The standard InChI is InChI=1S/C15H28N2/c1-2-4-6-13(5-3-1)11-17-8-7-14-9-16-10-15(14)12-17/h13-16H,1-12H2. The molecule has 98 valence electrons. The molecule has 3 rings (SSSR count). The van der Waals surface area contributed by atoms with E-state index in [9.17, 15) is 0 Å². The SMILES string of the molecule is C1CCCC(CN2CCC3CNCC3C2)CC1. The second-order valence-corrected chi connectivity index (χ2v) is 6.58. The molecule has 0 amide bonds. The highest BCUT2D eigenvalue weighted by Gasteiger charge is 2.33. The van der Waals surface area contributed by atoms with Gasteiger partial charge in [0.2, 0.25) is 0 Å². The van der Waals surface area contributed by atoms with Gasteiger partial charge in [0.1, 0.15) is 0 Å². The predicted octanol–water partition coefficient (Wildman–Crippen LogP) is 2.50. The summed E-state index contributed by atoms with van der Waals surface area (Å²) in [6, 6.07) is 0. The molecule has 0 aromatic rings. The lowest BCUT2D eigenvalue weighted by atomic mass is 9.87. The van der Waals surface area contributed by atoms with Gasteiger partial charge < -0.3 is 10.2 Å². The highest BCUT2D eigenvalue weighted by atomic mass is 15.1. The van der Waals surface area contributed by atoms with E-state index < -0.39 is 0 Å². The Hall–Kier alpha value is -0.0800. The average molecular weight is 236 g/mol. The van der Waals surface area contributed by atoms with Gasteiger partial charge in [-0.1, -0.05) is 25.7 Å². The Morgan fingerprint density at radius 2 is 1.65 bits per heavy atom. The van der Waals surface area contributed by atoms with E-state index >= 15 is 0 Å². The fourth-order valence-corrected chi connectivity index (χ4v) is 4.19. The van der Waals surface area contributed by atoms with E-state index in [1.807, 2.05) is 0 Å². The van der Waals surface area contributed by atoms with Crippen LogP contribution in [0.4, 0.5) is 0 Å². The third kappa shape index (κ3) is 3.03. The van der Waals surface area contributed by atoms with Crippen LogP contribution in [0.1, 0.15) is 44.9 Å². The Morgan fingerprint density at radius 3 is 2.47 bits per heavy atom. The Kier molecular flexibility index (Phi) is 4.02. The van der Waals surface area contributed by atoms with E-state index in [1.54, 1.807) is 0 Å². The van der Waals surface area contributed by atoms with E-state index in [-0.39, 0.29) is 0 Å². The number of piperidine rings is 1. The molecular formula is C15H28N2. The topological polar surface area (TPSA) is 15.3 Å². The minimum absolute atomic E-state index is 0.967. The lowest BCUT2D eigenvalue weighted by Crippen LogP contribution is -2.42. The Labute approximate surface area is 106 Å². The molecule has 1 aliphatic carbocycles. The summed E-state index contributed by atoms with van der Waals surface area (Å²) in [7, 11) is 0. The quantitative estimate of drug-likeness (QED) is 0.741. The third-order valence-corrected chi connectivity index (χ3v) is 5.28. The van der Waals surface area contributed by atoms with Crippen LogP contribution in [0.5, 0.6) is 0 Å². The molecule has 17 heavy (non-hydrogen) atoms. The van der Waals surface area contributed by atoms with Crippen molar-refractivity contribution in [2.45, 2.75) is 44.9 Å². The molecule has 3 fully saturated rings. The van der Waals surface area contributed by atoms with Crippen molar-refractivity contribution in [1.82, 2.24) is 10.2 Å². The van der Waals surface area contributed by atoms with Crippen molar-refractivity contribution in [3.63, 3.8) is 0 Å². The van der Waals surface area contributed by atoms with Crippen molar-refractivity contribution in [3.05, 3.63) is 0 Å². The number of rotatable bonds is 2. The molecule has 0 spiro atoms. The zero-order chi connectivity index (χ0) is 11.5. The first-order chi connectivity index (χ1) is 8.42. The van der Waals surface area contributed by atoms with Crippen molar-refractivity contribution in [1.29, 1.82) is 0 Å². The maximum absolute atomic E-state index is 3.57. The minimum atomic E-state index is 0.967. The number of likely N-dealkylation sites (tertiary alicyclic amines) is 1. The van der Waals surface area contributed by atoms with E-state index in [0.717, 1.165) is 17.8 Å². The van der Waals surface area contributed by atoms with E-state index in [2.05, 4.69) is 10.2 Å². The van der Waals surface area contributed by atoms with Crippen molar-refractivity contribution in [3.8, 4) is 0 Å². The van der Waals surface area contributed by atoms with E-state index in [0.29, 0.717) is 0 Å². The van der Waals surface area contributed by atoms with Gasteiger partial charge in [0.25, 0.3) is 0 Å². The van der Waals surface area contributed by atoms with Crippen LogP contribution >= 0.6 is 0 Å². The summed E-state index contributed by atoms with van der Waals surface area (Å²) < 4.78 is 0. The lowest BCUT2D eigenvalue weighted by molar-refractivity contribution is 0.125. The van der Waals surface area contributed by atoms with Gasteiger partial charge in [0.05, 0.1) is 0 Å². The van der Waals surface area contributed by atoms with Gasteiger partial charge in [-0.3, -0.25) is 0 Å². The molecule has 0 aromatic heterocycles. The molecule has 0 radical (unpaired) electrons. The smallest absolute Gasteiger partial charge is 0.00251 e. The molecule has 1 saturated carbocycles. The summed E-state index contributed by atoms with van der Waals surface area (Å²) in [5.41, 5.74) is 0. The summed E-state index contributed by atoms with van der Waals surface area (Å²) in [6.07, 6.45) is 10.4. The molecule has 2 heteroatoms. The van der Waals surface area contributed by atoms with E-state index in [4.69, 9.17) is 0 Å². The molecule has 0 bridgehead atoms. The number of hydrogen-bond acceptors (Lipinski definition) is 2. The molecule has 0 aromatic carbocycles. The van der Waals surface area contributed by atoms with Crippen molar-refractivity contribution in [2.75, 3.05) is 32.7 Å². The highest BCUT2D eigenvalue weighted by molar-refractivity contribution is 4.88. The molecule has 2 saturated heterocycles. The van der Waals surface area contributed by atoms with Crippen LogP contribution in [-0.4, -0.2) is 37.6 Å². The third-order valence-electron chi connectivity index (χ3n) is 5.28. The molecule has 2 heterocycles. The predicted molar refractivity (Wildman–Crippen MR) is 72.1 cm³/mol. The Balaban J connectivity index is 1.48. The number of nitrogens with one attached hydrogen (secondary N) is 1. The van der Waals surface area contributed by atoms with Crippen LogP contribution in [0.2, 0.25) is 0 Å². The Morgan fingerprint density at radius 1 is 0.882 bits per heavy atom. The monoisotopic (exact) mass is 236 g/mol. The molecule has 1 N–H and O–H groups in total. The fraction of sp³-hybridized carbons (Fsp3) is 1.00. The van der Waals surface area contributed by atoms with Gasteiger partial charge in [0.15, 0.2) is 0 Å². The minimum Gasteiger partial charge on any atom is -0.316 e. The molecular weight excluding hydrogens is 208 g/mol. The van der Waals surface area contributed by atoms with Crippen LogP contribution in [-0.2, 0) is 0 Å². The number of nitrogens with zero attached hydrogens (tertiary/aromatic N) is 1. The highest BCUT2D eigenvalue weighted by Crippen LogP contribution is 2.29. The second kappa shape index (κ2) is 5.71. The Bertz CT molecular complexity index is 233. The first-order valence-electron chi connectivity index (χ1n) is 7.85. The zero-order valence-electron chi connectivity index (χ0n) is 11.2. The van der Waals surface area contributed by atoms with Crippen molar-refractivity contribution < 1.29 is 0 Å². The maximum Gasteiger partial charge on any atom is 0.00251 e. The van der Waals surface area contributed by atoms with Gasteiger partial charge in [-0.25, -0.2) is 0 Å². The van der Waals surface area contributed by atoms with Crippen molar-refractivity contribution >= 4 is 0 Å². The van der Waals surface area contributed by atoms with E-state index in [1.165, 1.54) is 77.7 Å². The number of hydrogen-bond donors (Lipinski definition) is 1. The fourth-order valence-electron chi connectivity index (χ4n) is 4.19. The largest absolute Gasteiger partial charge is 0.316 e. The van der Waals surface area contributed by atoms with Gasteiger partial charge in [-0.2, -0.15) is 0 Å². The van der Waals surface area contributed by atoms with Crippen molar-refractivity contribution in [2.24, 2.45) is 17.8 Å². The van der Waals surface area contributed by atoms with Crippen LogP contribution in [0.15, 0.2) is 0 Å². The van der Waals surface area contributed by atoms with Gasteiger partial charge in [-0.05, 0) is 56.7 Å². The summed E-state index contributed by atoms with van der Waals surface area (Å²) in [5.74, 6) is 2.98. The first kappa shape index (κ1) is 12.0.